The van der Waals surface area contributed by atoms with Gasteiger partial charge in [-0.3, -0.25) is 4.90 Å². The first-order valence-corrected chi connectivity index (χ1v) is 7.41. The molecule has 1 aliphatic heterocycles. The lowest BCUT2D eigenvalue weighted by Crippen LogP contribution is -2.45. The van der Waals surface area contributed by atoms with Crippen molar-refractivity contribution in [1.82, 2.24) is 20.3 Å². The Labute approximate surface area is 115 Å². The van der Waals surface area contributed by atoms with Gasteiger partial charge in [0.2, 0.25) is 0 Å². The lowest BCUT2D eigenvalue weighted by Gasteiger charge is -2.33. The second-order valence-electron chi connectivity index (χ2n) is 5.17. The highest BCUT2D eigenvalue weighted by Crippen LogP contribution is 2.10. The van der Waals surface area contributed by atoms with E-state index in [2.05, 4.69) is 40.2 Å². The number of likely N-dealkylation sites (N-methyl/N-ethyl adjacent to an activating group) is 1. The SMILES string of the molecule is CCCNCc1cc(CN2CCN(CC)CC2)on1. The van der Waals surface area contributed by atoms with Crippen molar-refractivity contribution in [3.05, 3.63) is 17.5 Å². The van der Waals surface area contributed by atoms with Crippen LogP contribution in [0.25, 0.3) is 0 Å². The van der Waals surface area contributed by atoms with E-state index in [1.807, 2.05) is 0 Å². The topological polar surface area (TPSA) is 44.5 Å². The third-order valence-electron chi connectivity index (χ3n) is 3.63. The molecule has 1 aliphatic rings. The van der Waals surface area contributed by atoms with Crippen molar-refractivity contribution in [3.63, 3.8) is 0 Å². The van der Waals surface area contributed by atoms with Gasteiger partial charge in [-0.1, -0.05) is 19.0 Å². The number of hydrogen-bond acceptors (Lipinski definition) is 5. The van der Waals surface area contributed by atoms with Crippen LogP contribution in [-0.2, 0) is 13.1 Å². The van der Waals surface area contributed by atoms with E-state index in [9.17, 15) is 0 Å². The fourth-order valence-corrected chi connectivity index (χ4v) is 2.39. The molecule has 1 aromatic rings. The molecule has 5 heteroatoms. The highest BCUT2D eigenvalue weighted by molar-refractivity contribution is 5.05. The van der Waals surface area contributed by atoms with E-state index >= 15 is 0 Å². The predicted octanol–water partition coefficient (Wildman–Crippen LogP) is 1.31. The molecule has 0 amide bonds. The van der Waals surface area contributed by atoms with E-state index in [-0.39, 0.29) is 0 Å². The summed E-state index contributed by atoms with van der Waals surface area (Å²) in [5.41, 5.74) is 1.01. The molecule has 0 aromatic carbocycles. The maximum absolute atomic E-state index is 5.41. The molecule has 2 rings (SSSR count). The maximum atomic E-state index is 5.41. The monoisotopic (exact) mass is 266 g/mol. The summed E-state index contributed by atoms with van der Waals surface area (Å²) in [6.07, 6.45) is 1.15. The van der Waals surface area contributed by atoms with Crippen LogP contribution < -0.4 is 5.32 Å². The van der Waals surface area contributed by atoms with E-state index < -0.39 is 0 Å². The van der Waals surface area contributed by atoms with Gasteiger partial charge in [-0.25, -0.2) is 0 Å². The molecule has 0 spiro atoms. The second-order valence-corrected chi connectivity index (χ2v) is 5.17. The molecule has 2 heterocycles. The zero-order chi connectivity index (χ0) is 13.5. The smallest absolute Gasteiger partial charge is 0.151 e. The van der Waals surface area contributed by atoms with Crippen LogP contribution in [0.3, 0.4) is 0 Å². The lowest BCUT2D eigenvalue weighted by atomic mass is 10.3. The van der Waals surface area contributed by atoms with Crippen molar-refractivity contribution in [2.45, 2.75) is 33.4 Å². The number of piperazine rings is 1. The van der Waals surface area contributed by atoms with E-state index in [0.29, 0.717) is 0 Å². The van der Waals surface area contributed by atoms with E-state index in [1.165, 1.54) is 0 Å². The highest BCUT2D eigenvalue weighted by atomic mass is 16.5. The number of nitrogens with zero attached hydrogens (tertiary/aromatic N) is 3. The van der Waals surface area contributed by atoms with Crippen LogP contribution in [0.5, 0.6) is 0 Å². The van der Waals surface area contributed by atoms with Crippen molar-refractivity contribution in [1.29, 1.82) is 0 Å². The average molecular weight is 266 g/mol. The summed E-state index contributed by atoms with van der Waals surface area (Å²) in [5.74, 6) is 0.984. The zero-order valence-electron chi connectivity index (χ0n) is 12.2. The highest BCUT2D eigenvalue weighted by Gasteiger charge is 2.17. The van der Waals surface area contributed by atoms with Crippen LogP contribution in [0.2, 0.25) is 0 Å². The summed E-state index contributed by atoms with van der Waals surface area (Å²) in [7, 11) is 0. The van der Waals surface area contributed by atoms with Crippen LogP contribution >= 0.6 is 0 Å². The Morgan fingerprint density at radius 3 is 2.63 bits per heavy atom. The number of rotatable bonds is 7. The first-order valence-electron chi connectivity index (χ1n) is 7.41. The Morgan fingerprint density at radius 2 is 1.95 bits per heavy atom. The van der Waals surface area contributed by atoms with Gasteiger partial charge < -0.3 is 14.7 Å². The minimum Gasteiger partial charge on any atom is -0.360 e. The van der Waals surface area contributed by atoms with Crippen LogP contribution in [0.15, 0.2) is 10.6 Å². The molecule has 1 N–H and O–H groups in total. The molecule has 0 radical (unpaired) electrons. The number of aromatic nitrogens is 1. The molecule has 0 aliphatic carbocycles. The third kappa shape index (κ3) is 4.60. The molecule has 0 atom stereocenters. The van der Waals surface area contributed by atoms with Crippen molar-refractivity contribution in [3.8, 4) is 0 Å². The normalized spacial score (nSPS) is 18.0. The van der Waals surface area contributed by atoms with Crippen molar-refractivity contribution in [2.24, 2.45) is 0 Å². The Kier molecular flexibility index (Phi) is 5.82. The molecule has 5 nitrogen and oxygen atoms in total. The summed E-state index contributed by atoms with van der Waals surface area (Å²) in [6, 6.07) is 2.08. The third-order valence-corrected chi connectivity index (χ3v) is 3.63. The Morgan fingerprint density at radius 1 is 1.21 bits per heavy atom. The first kappa shape index (κ1) is 14.5. The maximum Gasteiger partial charge on any atom is 0.151 e. The van der Waals surface area contributed by atoms with Gasteiger partial charge >= 0.3 is 0 Å². The van der Waals surface area contributed by atoms with Gasteiger partial charge in [0.1, 0.15) is 0 Å². The predicted molar refractivity (Wildman–Crippen MR) is 75.9 cm³/mol. The van der Waals surface area contributed by atoms with E-state index in [0.717, 1.165) is 70.2 Å². The molecule has 1 saturated heterocycles. The molecular weight excluding hydrogens is 240 g/mol. The summed E-state index contributed by atoms with van der Waals surface area (Å²) in [5, 5.41) is 7.45. The summed E-state index contributed by atoms with van der Waals surface area (Å²) >= 11 is 0. The fraction of sp³-hybridized carbons (Fsp3) is 0.786. The molecule has 108 valence electrons. The quantitative estimate of drug-likeness (QED) is 0.754. The van der Waals surface area contributed by atoms with Gasteiger partial charge in [0.15, 0.2) is 5.76 Å². The molecule has 1 aromatic heterocycles. The largest absolute Gasteiger partial charge is 0.360 e. The number of hydrogen-bond donors (Lipinski definition) is 1. The van der Waals surface area contributed by atoms with Gasteiger partial charge in [0, 0.05) is 38.8 Å². The van der Waals surface area contributed by atoms with Crippen LogP contribution in [0.4, 0.5) is 0 Å². The zero-order valence-corrected chi connectivity index (χ0v) is 12.2. The summed E-state index contributed by atoms with van der Waals surface area (Å²) in [6.45, 7) is 12.8. The van der Waals surface area contributed by atoms with Crippen LogP contribution in [0.1, 0.15) is 31.7 Å². The standard InChI is InChI=1S/C14H26N4O/c1-3-5-15-11-13-10-14(19-16-13)12-18-8-6-17(4-2)7-9-18/h10,15H,3-9,11-12H2,1-2H3. The molecule has 19 heavy (non-hydrogen) atoms. The minimum atomic E-state index is 0.807. The first-order chi connectivity index (χ1) is 9.31. The molecule has 0 unspecified atom stereocenters. The molecule has 0 saturated carbocycles. The Bertz CT molecular complexity index is 358. The fourth-order valence-electron chi connectivity index (χ4n) is 2.39. The van der Waals surface area contributed by atoms with Crippen molar-refractivity contribution < 1.29 is 4.52 Å². The van der Waals surface area contributed by atoms with Gasteiger partial charge in [-0.15, -0.1) is 0 Å². The minimum absolute atomic E-state index is 0.807. The van der Waals surface area contributed by atoms with Crippen molar-refractivity contribution in [2.75, 3.05) is 39.3 Å². The second kappa shape index (κ2) is 7.62. The number of nitrogens with one attached hydrogen (secondary N) is 1. The lowest BCUT2D eigenvalue weighted by molar-refractivity contribution is 0.122. The van der Waals surface area contributed by atoms with Gasteiger partial charge in [-0.05, 0) is 19.5 Å². The van der Waals surface area contributed by atoms with Gasteiger partial charge in [-0.2, -0.15) is 0 Å². The molecular formula is C14H26N4O. The van der Waals surface area contributed by atoms with Crippen LogP contribution in [-0.4, -0.2) is 54.2 Å². The summed E-state index contributed by atoms with van der Waals surface area (Å²) < 4.78 is 5.41. The summed E-state index contributed by atoms with van der Waals surface area (Å²) in [4.78, 5) is 4.92. The molecule has 1 fully saturated rings. The van der Waals surface area contributed by atoms with Gasteiger partial charge in [0.05, 0.1) is 12.2 Å². The molecule has 0 bridgehead atoms. The van der Waals surface area contributed by atoms with Gasteiger partial charge in [0.25, 0.3) is 0 Å². The van der Waals surface area contributed by atoms with Crippen LogP contribution in [0, 0.1) is 0 Å². The Hall–Kier alpha value is -0.910. The van der Waals surface area contributed by atoms with E-state index in [1.54, 1.807) is 0 Å². The van der Waals surface area contributed by atoms with E-state index in [4.69, 9.17) is 4.52 Å². The van der Waals surface area contributed by atoms with Crippen molar-refractivity contribution >= 4 is 0 Å². The average Bonchev–Trinajstić information content (AvgIpc) is 2.88. The Balaban J connectivity index is 1.74.